The number of anilines is 1. The zero-order chi connectivity index (χ0) is 25.3. The Kier molecular flexibility index (Phi) is 9.40. The number of ether oxygens (including phenoxy) is 1. The molecule has 2 amide bonds. The first kappa shape index (κ1) is 26.2. The Morgan fingerprint density at radius 1 is 0.972 bits per heavy atom. The van der Waals surface area contributed by atoms with Crippen LogP contribution in [0.15, 0.2) is 54.6 Å². The molecule has 2 unspecified atom stereocenters. The highest BCUT2D eigenvalue weighted by Gasteiger charge is 2.42. The molecule has 1 N–H and O–H groups in total. The van der Waals surface area contributed by atoms with Crippen LogP contribution in [0.25, 0.3) is 11.1 Å². The number of hydrogen-bond acceptors (Lipinski definition) is 4. The number of para-hydroxylation sites is 1. The van der Waals surface area contributed by atoms with Crippen molar-refractivity contribution in [2.75, 3.05) is 38.5 Å². The second-order valence-electron chi connectivity index (χ2n) is 10.4. The van der Waals surface area contributed by atoms with Gasteiger partial charge in [-0.05, 0) is 42.7 Å². The molecule has 1 saturated heterocycles. The molecule has 0 aromatic heterocycles. The van der Waals surface area contributed by atoms with Crippen LogP contribution in [0.2, 0.25) is 0 Å². The van der Waals surface area contributed by atoms with E-state index in [4.69, 9.17) is 4.74 Å². The average molecular weight is 492 g/mol. The molecule has 2 fully saturated rings. The summed E-state index contributed by atoms with van der Waals surface area (Å²) in [6.45, 7) is 5.89. The summed E-state index contributed by atoms with van der Waals surface area (Å²) >= 11 is 0. The van der Waals surface area contributed by atoms with E-state index in [-0.39, 0.29) is 18.1 Å². The molecule has 2 aromatic carbocycles. The molecule has 1 aliphatic heterocycles. The maximum absolute atomic E-state index is 12.7. The van der Waals surface area contributed by atoms with Crippen LogP contribution in [0.1, 0.15) is 51.9 Å². The number of fused-ring (bicyclic) bond motifs is 1. The molecule has 0 bridgehead atoms. The van der Waals surface area contributed by atoms with E-state index in [2.05, 4.69) is 17.1 Å². The van der Waals surface area contributed by atoms with Gasteiger partial charge in [0, 0.05) is 45.2 Å². The molecule has 36 heavy (non-hydrogen) atoms. The molecule has 1 heterocycles. The lowest BCUT2D eigenvalue weighted by Gasteiger charge is -2.21. The Morgan fingerprint density at radius 3 is 2.39 bits per heavy atom. The van der Waals surface area contributed by atoms with Crippen molar-refractivity contribution in [1.82, 2.24) is 9.80 Å². The number of hydrogen-bond donors (Lipinski definition) is 1. The molecule has 6 heteroatoms. The minimum atomic E-state index is -0.382. The smallest absolute Gasteiger partial charge is 0.411 e. The second-order valence-corrected chi connectivity index (χ2v) is 10.4. The normalized spacial score (nSPS) is 21.2. The topological polar surface area (TPSA) is 61.9 Å². The Morgan fingerprint density at radius 2 is 1.67 bits per heavy atom. The first-order chi connectivity index (χ1) is 17.5. The summed E-state index contributed by atoms with van der Waals surface area (Å²) in [5.74, 6) is 1.33. The van der Waals surface area contributed by atoms with Gasteiger partial charge in [0.25, 0.3) is 0 Å². The van der Waals surface area contributed by atoms with Crippen molar-refractivity contribution in [3.8, 4) is 11.1 Å². The molecule has 194 valence electrons. The van der Waals surface area contributed by atoms with E-state index in [0.717, 1.165) is 62.3 Å². The van der Waals surface area contributed by atoms with Crippen molar-refractivity contribution < 1.29 is 14.3 Å². The third kappa shape index (κ3) is 7.10. The summed E-state index contributed by atoms with van der Waals surface area (Å²) in [5.41, 5.74) is 2.80. The Bertz CT molecular complexity index is 982. The Balaban J connectivity index is 1.18. The number of unbranched alkanes of at least 4 members (excludes halogenated alkanes) is 3. The molecule has 6 nitrogen and oxygen atoms in total. The van der Waals surface area contributed by atoms with E-state index in [1.807, 2.05) is 66.5 Å². The maximum Gasteiger partial charge on any atom is 0.411 e. The number of carbonyl (C=O) groups is 2. The lowest BCUT2D eigenvalue weighted by molar-refractivity contribution is -0.130. The molecular weight excluding hydrogens is 450 g/mol. The summed E-state index contributed by atoms with van der Waals surface area (Å²) in [4.78, 5) is 29.5. The average Bonchev–Trinajstić information content (AvgIpc) is 3.44. The minimum absolute atomic E-state index is 0.0399. The van der Waals surface area contributed by atoms with Crippen molar-refractivity contribution >= 4 is 17.7 Å². The highest BCUT2D eigenvalue weighted by Crippen LogP contribution is 2.39. The van der Waals surface area contributed by atoms with Gasteiger partial charge in [-0.2, -0.15) is 0 Å². The largest absolute Gasteiger partial charge is 0.446 e. The number of carbonyl (C=O) groups excluding carboxylic acids is 2. The number of amides is 2. The van der Waals surface area contributed by atoms with Crippen LogP contribution in [0.3, 0.4) is 0 Å². The van der Waals surface area contributed by atoms with Crippen LogP contribution in [0, 0.1) is 11.8 Å². The predicted molar refractivity (Wildman–Crippen MR) is 145 cm³/mol. The van der Waals surface area contributed by atoms with Gasteiger partial charge in [-0.3, -0.25) is 10.1 Å². The van der Waals surface area contributed by atoms with Crippen LogP contribution < -0.4 is 5.32 Å². The van der Waals surface area contributed by atoms with E-state index in [1.54, 1.807) is 0 Å². The van der Waals surface area contributed by atoms with Crippen molar-refractivity contribution in [1.29, 1.82) is 0 Å². The quantitative estimate of drug-likeness (QED) is 0.389. The van der Waals surface area contributed by atoms with Gasteiger partial charge in [-0.1, -0.05) is 74.7 Å². The number of likely N-dealkylation sites (tertiary alicyclic amines) is 1. The number of nitrogens with zero attached hydrogens (tertiary/aromatic N) is 2. The molecule has 0 spiro atoms. The SMILES string of the molecule is CCCCCCN(C)C(=O)CCN1CC2CC(OC(=O)Nc3ccccc3-c3ccccc3)CC2C1. The van der Waals surface area contributed by atoms with E-state index >= 15 is 0 Å². The highest BCUT2D eigenvalue weighted by atomic mass is 16.6. The standard InChI is InChI=1S/C30H41N3O3/c1-3-4-5-11-17-32(2)29(34)16-18-33-21-24-19-26(20-25(24)22-33)36-30(35)31-28-15-10-9-14-27(28)23-12-7-6-8-13-23/h6-10,12-15,24-26H,3-5,11,16-22H2,1-2H3,(H,31,35). The van der Waals surface area contributed by atoms with Crippen molar-refractivity contribution in [2.24, 2.45) is 11.8 Å². The number of rotatable bonds is 11. The van der Waals surface area contributed by atoms with Crippen LogP contribution >= 0.6 is 0 Å². The molecule has 1 saturated carbocycles. The third-order valence-electron chi connectivity index (χ3n) is 7.72. The van der Waals surface area contributed by atoms with Gasteiger partial charge in [0.1, 0.15) is 6.10 Å². The van der Waals surface area contributed by atoms with Crippen LogP contribution in [-0.2, 0) is 9.53 Å². The maximum atomic E-state index is 12.7. The lowest BCUT2D eigenvalue weighted by Crippen LogP contribution is -2.32. The second kappa shape index (κ2) is 12.9. The van der Waals surface area contributed by atoms with Crippen molar-refractivity contribution in [2.45, 2.75) is 58.0 Å². The number of benzene rings is 2. The van der Waals surface area contributed by atoms with Gasteiger partial charge in [0.05, 0.1) is 5.69 Å². The molecule has 1 aliphatic carbocycles. The van der Waals surface area contributed by atoms with Crippen molar-refractivity contribution in [3.05, 3.63) is 54.6 Å². The van der Waals surface area contributed by atoms with Gasteiger partial charge in [-0.25, -0.2) is 4.79 Å². The summed E-state index contributed by atoms with van der Waals surface area (Å²) in [6.07, 6.45) is 6.73. The monoisotopic (exact) mass is 491 g/mol. The van der Waals surface area contributed by atoms with Crippen molar-refractivity contribution in [3.63, 3.8) is 0 Å². The van der Waals surface area contributed by atoms with E-state index in [9.17, 15) is 9.59 Å². The fourth-order valence-electron chi connectivity index (χ4n) is 5.72. The number of nitrogens with one attached hydrogen (secondary N) is 1. The summed E-state index contributed by atoms with van der Waals surface area (Å²) in [5, 5.41) is 2.96. The Labute approximate surface area is 216 Å². The predicted octanol–water partition coefficient (Wildman–Crippen LogP) is 6.04. The zero-order valence-corrected chi connectivity index (χ0v) is 21.8. The first-order valence-corrected chi connectivity index (χ1v) is 13.6. The fraction of sp³-hybridized carbons (Fsp3) is 0.533. The molecule has 2 atom stereocenters. The lowest BCUT2D eigenvalue weighted by atomic mass is 10.0. The summed E-state index contributed by atoms with van der Waals surface area (Å²) in [7, 11) is 1.93. The van der Waals surface area contributed by atoms with Crippen LogP contribution in [-0.4, -0.2) is 61.1 Å². The molecular formula is C30H41N3O3. The van der Waals surface area contributed by atoms with E-state index in [0.29, 0.717) is 18.3 Å². The molecule has 0 radical (unpaired) electrons. The summed E-state index contributed by atoms with van der Waals surface area (Å²) < 4.78 is 5.83. The third-order valence-corrected chi connectivity index (χ3v) is 7.72. The van der Waals surface area contributed by atoms with E-state index in [1.165, 1.54) is 19.3 Å². The van der Waals surface area contributed by atoms with Gasteiger partial charge < -0.3 is 14.5 Å². The molecule has 2 aliphatic rings. The van der Waals surface area contributed by atoms with Gasteiger partial charge >= 0.3 is 6.09 Å². The van der Waals surface area contributed by atoms with Gasteiger partial charge in [0.2, 0.25) is 5.91 Å². The summed E-state index contributed by atoms with van der Waals surface area (Å²) in [6, 6.07) is 17.9. The fourth-order valence-corrected chi connectivity index (χ4v) is 5.72. The van der Waals surface area contributed by atoms with Gasteiger partial charge in [-0.15, -0.1) is 0 Å². The van der Waals surface area contributed by atoms with Crippen LogP contribution in [0.5, 0.6) is 0 Å². The zero-order valence-electron chi connectivity index (χ0n) is 21.8. The molecule has 4 rings (SSSR count). The van der Waals surface area contributed by atoms with Gasteiger partial charge in [0.15, 0.2) is 0 Å². The Hall–Kier alpha value is -2.86. The highest BCUT2D eigenvalue weighted by molar-refractivity contribution is 5.91. The molecule has 2 aromatic rings. The van der Waals surface area contributed by atoms with E-state index < -0.39 is 0 Å². The minimum Gasteiger partial charge on any atom is -0.446 e. The van der Waals surface area contributed by atoms with Crippen LogP contribution in [0.4, 0.5) is 10.5 Å². The first-order valence-electron chi connectivity index (χ1n) is 13.6.